The fraction of sp³-hybridized carbons (Fsp3) is 0.190. The molecular weight excluding hydrogens is 362 g/mol. The topological polar surface area (TPSA) is 84.0 Å². The number of carbonyl (C=O) groups is 2. The molecule has 0 atom stereocenters. The van der Waals surface area contributed by atoms with E-state index < -0.39 is 11.9 Å². The Balaban J connectivity index is 2.54. The lowest BCUT2D eigenvalue weighted by molar-refractivity contribution is 0.0556. The Morgan fingerprint density at radius 3 is 2.11 bits per heavy atom. The van der Waals surface area contributed by atoms with Crippen molar-refractivity contribution >= 4 is 22.7 Å². The normalized spacial score (nSPS) is 10.4. The van der Waals surface area contributed by atoms with Gasteiger partial charge in [0.05, 0.1) is 45.3 Å². The Morgan fingerprint density at radius 2 is 1.54 bits per heavy atom. The summed E-state index contributed by atoms with van der Waals surface area (Å²) in [6.07, 6.45) is 1.60. The third-order valence-corrected chi connectivity index (χ3v) is 4.36. The average molecular weight is 381 g/mol. The predicted molar refractivity (Wildman–Crippen MR) is 103 cm³/mol. The number of hydrogen-bond acceptors (Lipinski definition) is 7. The van der Waals surface area contributed by atoms with Gasteiger partial charge in [-0.2, -0.15) is 0 Å². The molecule has 3 rings (SSSR count). The number of ether oxygens (including phenoxy) is 4. The van der Waals surface area contributed by atoms with Gasteiger partial charge in [0.2, 0.25) is 0 Å². The van der Waals surface area contributed by atoms with Crippen molar-refractivity contribution in [1.82, 2.24) is 4.98 Å². The van der Waals surface area contributed by atoms with Gasteiger partial charge in [-0.15, -0.1) is 0 Å². The van der Waals surface area contributed by atoms with Gasteiger partial charge in [-0.25, -0.2) is 9.59 Å². The molecule has 0 radical (unpaired) electrons. The number of methoxy groups -OCH3 is 4. The molecule has 1 aromatic heterocycles. The van der Waals surface area contributed by atoms with E-state index >= 15 is 0 Å². The standard InChI is InChI=1S/C21H19NO6/c1-25-16-10-12-9-14(20(23)27-3)19(21(24)28-4)18(13(12)11-17(16)26-2)15-7-5-6-8-22-15/h5-11H,1-4H3. The molecule has 3 aromatic rings. The average Bonchev–Trinajstić information content (AvgIpc) is 2.76. The molecule has 0 aliphatic carbocycles. The predicted octanol–water partition coefficient (Wildman–Crippen LogP) is 3.49. The molecule has 0 unspecified atom stereocenters. The van der Waals surface area contributed by atoms with Crippen LogP contribution >= 0.6 is 0 Å². The monoisotopic (exact) mass is 381 g/mol. The highest BCUT2D eigenvalue weighted by molar-refractivity contribution is 6.15. The molecule has 0 saturated heterocycles. The number of hydrogen-bond donors (Lipinski definition) is 0. The first kappa shape index (κ1) is 19.2. The van der Waals surface area contributed by atoms with Crippen LogP contribution in [-0.2, 0) is 9.47 Å². The van der Waals surface area contributed by atoms with E-state index in [9.17, 15) is 9.59 Å². The van der Waals surface area contributed by atoms with Crippen LogP contribution in [0.4, 0.5) is 0 Å². The molecule has 0 aliphatic heterocycles. The van der Waals surface area contributed by atoms with Crippen LogP contribution in [-0.4, -0.2) is 45.4 Å². The fourth-order valence-corrected chi connectivity index (χ4v) is 3.09. The number of benzene rings is 2. The summed E-state index contributed by atoms with van der Waals surface area (Å²) in [5, 5.41) is 1.32. The van der Waals surface area contributed by atoms with Gasteiger partial charge in [-0.05, 0) is 41.1 Å². The summed E-state index contributed by atoms with van der Waals surface area (Å²) in [6, 6.07) is 10.3. The van der Waals surface area contributed by atoms with Crippen LogP contribution in [0, 0.1) is 0 Å². The van der Waals surface area contributed by atoms with Crippen molar-refractivity contribution in [2.24, 2.45) is 0 Å². The smallest absolute Gasteiger partial charge is 0.339 e. The van der Waals surface area contributed by atoms with E-state index in [1.54, 1.807) is 42.6 Å². The lowest BCUT2D eigenvalue weighted by Gasteiger charge is -2.17. The molecule has 0 N–H and O–H groups in total. The zero-order chi connectivity index (χ0) is 20.3. The van der Waals surface area contributed by atoms with Gasteiger partial charge in [0, 0.05) is 11.8 Å². The molecular formula is C21H19NO6. The van der Waals surface area contributed by atoms with Gasteiger partial charge in [-0.1, -0.05) is 6.07 Å². The maximum absolute atomic E-state index is 12.7. The van der Waals surface area contributed by atoms with Crippen LogP contribution in [0.25, 0.3) is 22.0 Å². The van der Waals surface area contributed by atoms with Crippen molar-refractivity contribution in [3.8, 4) is 22.8 Å². The molecule has 7 nitrogen and oxygen atoms in total. The molecule has 2 aromatic carbocycles. The second kappa shape index (κ2) is 7.96. The summed E-state index contributed by atoms with van der Waals surface area (Å²) >= 11 is 0. The van der Waals surface area contributed by atoms with E-state index in [4.69, 9.17) is 18.9 Å². The first-order chi connectivity index (χ1) is 13.5. The van der Waals surface area contributed by atoms with Gasteiger partial charge in [0.15, 0.2) is 11.5 Å². The molecule has 28 heavy (non-hydrogen) atoms. The van der Waals surface area contributed by atoms with Crippen LogP contribution in [0.5, 0.6) is 11.5 Å². The molecule has 0 spiro atoms. The number of carbonyl (C=O) groups excluding carboxylic acids is 2. The lowest BCUT2D eigenvalue weighted by Crippen LogP contribution is -2.14. The molecule has 0 bridgehead atoms. The molecule has 1 heterocycles. The van der Waals surface area contributed by atoms with Crippen molar-refractivity contribution in [3.05, 3.63) is 53.7 Å². The summed E-state index contributed by atoms with van der Waals surface area (Å²) in [7, 11) is 5.55. The molecule has 0 saturated carbocycles. The van der Waals surface area contributed by atoms with Crippen molar-refractivity contribution in [1.29, 1.82) is 0 Å². The largest absolute Gasteiger partial charge is 0.493 e. The van der Waals surface area contributed by atoms with Gasteiger partial charge in [0.25, 0.3) is 0 Å². The highest BCUT2D eigenvalue weighted by atomic mass is 16.5. The van der Waals surface area contributed by atoms with E-state index in [1.807, 2.05) is 0 Å². The van der Waals surface area contributed by atoms with Crippen LogP contribution in [0.1, 0.15) is 20.7 Å². The van der Waals surface area contributed by atoms with E-state index in [1.165, 1.54) is 28.4 Å². The van der Waals surface area contributed by atoms with Crippen molar-refractivity contribution in [2.75, 3.05) is 28.4 Å². The number of fused-ring (bicyclic) bond motifs is 1. The number of aromatic nitrogens is 1. The number of rotatable bonds is 5. The molecule has 7 heteroatoms. The first-order valence-corrected chi connectivity index (χ1v) is 8.36. The van der Waals surface area contributed by atoms with Crippen molar-refractivity contribution in [3.63, 3.8) is 0 Å². The van der Waals surface area contributed by atoms with Crippen LogP contribution in [0.3, 0.4) is 0 Å². The maximum atomic E-state index is 12.7. The summed E-state index contributed by atoms with van der Waals surface area (Å²) in [4.78, 5) is 29.5. The Hall–Kier alpha value is -3.61. The second-order valence-corrected chi connectivity index (χ2v) is 5.80. The Morgan fingerprint density at radius 1 is 0.857 bits per heavy atom. The third kappa shape index (κ3) is 3.22. The maximum Gasteiger partial charge on any atom is 0.339 e. The minimum atomic E-state index is -0.669. The van der Waals surface area contributed by atoms with Crippen LogP contribution < -0.4 is 9.47 Å². The summed E-state index contributed by atoms with van der Waals surface area (Å²) in [5.74, 6) is -0.357. The van der Waals surface area contributed by atoms with Crippen molar-refractivity contribution in [2.45, 2.75) is 0 Å². The van der Waals surface area contributed by atoms with Crippen LogP contribution in [0.15, 0.2) is 42.6 Å². The highest BCUT2D eigenvalue weighted by Crippen LogP contribution is 2.40. The number of pyridine rings is 1. The van der Waals surface area contributed by atoms with E-state index in [-0.39, 0.29) is 11.1 Å². The zero-order valence-electron chi connectivity index (χ0n) is 15.9. The zero-order valence-corrected chi connectivity index (χ0v) is 15.9. The Bertz CT molecular complexity index is 1050. The van der Waals surface area contributed by atoms with Gasteiger partial charge in [-0.3, -0.25) is 4.98 Å². The molecule has 0 aliphatic rings. The van der Waals surface area contributed by atoms with Crippen molar-refractivity contribution < 1.29 is 28.5 Å². The van der Waals surface area contributed by atoms with Gasteiger partial charge >= 0.3 is 11.9 Å². The number of esters is 2. The van der Waals surface area contributed by atoms with E-state index in [2.05, 4.69) is 4.98 Å². The SMILES string of the molecule is COC(=O)c1cc2cc(OC)c(OC)cc2c(-c2ccccn2)c1C(=O)OC. The first-order valence-electron chi connectivity index (χ1n) is 8.36. The highest BCUT2D eigenvalue weighted by Gasteiger charge is 2.27. The second-order valence-electron chi connectivity index (χ2n) is 5.80. The minimum absolute atomic E-state index is 0.0766. The van der Waals surface area contributed by atoms with Gasteiger partial charge in [0.1, 0.15) is 0 Å². The Labute approximate surface area is 161 Å². The minimum Gasteiger partial charge on any atom is -0.493 e. The molecule has 0 amide bonds. The quantitative estimate of drug-likeness (QED) is 0.626. The van der Waals surface area contributed by atoms with E-state index in [0.717, 1.165) is 0 Å². The lowest BCUT2D eigenvalue weighted by atomic mass is 9.91. The summed E-state index contributed by atoms with van der Waals surface area (Å²) in [5.41, 5.74) is 1.11. The number of nitrogens with zero attached hydrogens (tertiary/aromatic N) is 1. The summed E-state index contributed by atoms with van der Waals surface area (Å²) in [6.45, 7) is 0. The fourth-order valence-electron chi connectivity index (χ4n) is 3.09. The van der Waals surface area contributed by atoms with Gasteiger partial charge < -0.3 is 18.9 Å². The third-order valence-electron chi connectivity index (χ3n) is 4.36. The van der Waals surface area contributed by atoms with E-state index in [0.29, 0.717) is 33.5 Å². The Kier molecular flexibility index (Phi) is 5.44. The van der Waals surface area contributed by atoms with Crippen LogP contribution in [0.2, 0.25) is 0 Å². The molecule has 0 fully saturated rings. The molecule has 144 valence electrons. The summed E-state index contributed by atoms with van der Waals surface area (Å²) < 4.78 is 20.6.